The van der Waals surface area contributed by atoms with Crippen LogP contribution in [0.15, 0.2) is 0 Å². The molecule has 0 aliphatic heterocycles. The molecule has 0 rings (SSSR count). The van der Waals surface area contributed by atoms with Crippen molar-refractivity contribution in [2.24, 2.45) is 0 Å². The van der Waals surface area contributed by atoms with Gasteiger partial charge in [0.1, 0.15) is 6.61 Å². The molecule has 0 aliphatic rings. The van der Waals surface area contributed by atoms with Crippen LogP contribution in [0.1, 0.15) is 6.42 Å². The first kappa shape index (κ1) is 9.79. The minimum absolute atomic E-state index is 0.0158. The largest absolute Gasteiger partial charge is 0.447 e. The summed E-state index contributed by atoms with van der Waals surface area (Å²) >= 11 is 0. The summed E-state index contributed by atoms with van der Waals surface area (Å²) in [5, 5.41) is 10.7. The molecule has 0 aromatic carbocycles. The average molecular weight is 157 g/mol. The Morgan fingerprint density at radius 3 is 3.00 bits per heavy atom. The van der Waals surface area contributed by atoms with Crippen LogP contribution in [0.25, 0.3) is 0 Å². The maximum atomic E-state index is 10.6. The number of carbonyl (C=O) groups is 1. The van der Waals surface area contributed by atoms with Crippen LogP contribution < -0.4 is 5.32 Å². The molecule has 0 aliphatic carbocycles. The molecule has 0 heterocycles. The van der Waals surface area contributed by atoms with E-state index in [4.69, 9.17) is 11.5 Å². The quantitative estimate of drug-likeness (QED) is 0.436. The third-order valence-electron chi connectivity index (χ3n) is 0.863. The molecular formula is C7H11NO3. The van der Waals surface area contributed by atoms with Gasteiger partial charge >= 0.3 is 6.09 Å². The van der Waals surface area contributed by atoms with Gasteiger partial charge in [0.05, 0.1) is 6.61 Å². The minimum Gasteiger partial charge on any atom is -0.447 e. The Balaban J connectivity index is 3.17. The fourth-order valence-corrected chi connectivity index (χ4v) is 0.426. The Kier molecular flexibility index (Phi) is 6.14. The van der Waals surface area contributed by atoms with Crippen LogP contribution in [-0.2, 0) is 4.74 Å². The highest BCUT2D eigenvalue weighted by molar-refractivity contribution is 5.67. The van der Waals surface area contributed by atoms with Crippen molar-refractivity contribution in [3.8, 4) is 12.3 Å². The fraction of sp³-hybridized carbons (Fsp3) is 0.571. The van der Waals surface area contributed by atoms with Gasteiger partial charge in [0.15, 0.2) is 0 Å². The van der Waals surface area contributed by atoms with Crippen molar-refractivity contribution in [1.29, 1.82) is 0 Å². The lowest BCUT2D eigenvalue weighted by Crippen LogP contribution is -2.26. The summed E-state index contributed by atoms with van der Waals surface area (Å²) in [6.45, 7) is 0.255. The number of aliphatic hydroxyl groups is 1. The molecule has 4 nitrogen and oxygen atoms in total. The van der Waals surface area contributed by atoms with Crippen LogP contribution >= 0.6 is 0 Å². The van der Waals surface area contributed by atoms with Crippen LogP contribution in [0.5, 0.6) is 0 Å². The Morgan fingerprint density at radius 1 is 1.73 bits per heavy atom. The highest BCUT2D eigenvalue weighted by Crippen LogP contribution is 1.77. The second-order valence-corrected chi connectivity index (χ2v) is 1.74. The van der Waals surface area contributed by atoms with Crippen LogP contribution in [-0.4, -0.2) is 31.0 Å². The van der Waals surface area contributed by atoms with E-state index in [-0.39, 0.29) is 13.2 Å². The summed E-state index contributed by atoms with van der Waals surface area (Å²) in [5.74, 6) is 2.36. The molecule has 0 fully saturated rings. The monoisotopic (exact) mass is 157 g/mol. The molecule has 0 radical (unpaired) electrons. The molecule has 11 heavy (non-hydrogen) atoms. The second kappa shape index (κ2) is 6.90. The first-order valence-corrected chi connectivity index (χ1v) is 3.26. The van der Waals surface area contributed by atoms with Gasteiger partial charge in [-0.3, -0.25) is 0 Å². The van der Waals surface area contributed by atoms with Crippen molar-refractivity contribution in [1.82, 2.24) is 5.32 Å². The molecule has 0 aromatic rings. The number of amides is 1. The number of ether oxygens (including phenoxy) is 1. The number of hydrogen-bond acceptors (Lipinski definition) is 3. The molecule has 0 atom stereocenters. The van der Waals surface area contributed by atoms with Crippen molar-refractivity contribution >= 4 is 6.09 Å². The Bertz CT molecular complexity index is 150. The van der Waals surface area contributed by atoms with Crippen molar-refractivity contribution in [2.75, 3.05) is 19.8 Å². The number of terminal acetylenes is 1. The molecule has 0 saturated heterocycles. The lowest BCUT2D eigenvalue weighted by molar-refractivity contribution is 0.119. The zero-order valence-electron chi connectivity index (χ0n) is 6.17. The van der Waals surface area contributed by atoms with Crippen LogP contribution in [0, 0.1) is 12.3 Å². The molecule has 1 amide bonds. The first-order chi connectivity index (χ1) is 5.31. The van der Waals surface area contributed by atoms with Crippen LogP contribution in [0.2, 0.25) is 0 Å². The molecule has 0 saturated carbocycles. The van der Waals surface area contributed by atoms with E-state index < -0.39 is 6.09 Å². The number of rotatable bonds is 4. The highest BCUT2D eigenvalue weighted by Gasteiger charge is 1.97. The zero-order valence-corrected chi connectivity index (χ0v) is 6.17. The van der Waals surface area contributed by atoms with Gasteiger partial charge in [-0.25, -0.2) is 4.79 Å². The highest BCUT2D eigenvalue weighted by atomic mass is 16.6. The number of aliphatic hydroxyl groups excluding tert-OH is 1. The number of nitrogens with one attached hydrogen (secondary N) is 1. The normalized spacial score (nSPS) is 8.36. The lowest BCUT2D eigenvalue weighted by Gasteiger charge is -2.02. The molecular weight excluding hydrogens is 146 g/mol. The summed E-state index contributed by atoms with van der Waals surface area (Å²) < 4.78 is 4.47. The van der Waals surface area contributed by atoms with Gasteiger partial charge in [0.25, 0.3) is 0 Å². The molecule has 2 N–H and O–H groups in total. The van der Waals surface area contributed by atoms with E-state index in [1.165, 1.54) is 0 Å². The first-order valence-electron chi connectivity index (χ1n) is 3.26. The van der Waals surface area contributed by atoms with E-state index in [0.717, 1.165) is 0 Å². The summed E-state index contributed by atoms with van der Waals surface area (Å²) in [5.41, 5.74) is 0. The van der Waals surface area contributed by atoms with Crippen LogP contribution in [0.3, 0.4) is 0 Å². The van der Waals surface area contributed by atoms with E-state index >= 15 is 0 Å². The van der Waals surface area contributed by atoms with Crippen molar-refractivity contribution in [3.63, 3.8) is 0 Å². The standard InChI is InChI=1S/C7H11NO3/c1-2-3-4-8-7(10)11-6-5-9/h1,9H,3-6H2,(H,8,10). The number of alkyl carbamates (subject to hydrolysis) is 1. The summed E-state index contributed by atoms with van der Waals surface area (Å²) in [4.78, 5) is 10.6. The van der Waals surface area contributed by atoms with E-state index in [0.29, 0.717) is 13.0 Å². The van der Waals surface area contributed by atoms with E-state index in [2.05, 4.69) is 16.0 Å². The van der Waals surface area contributed by atoms with Crippen molar-refractivity contribution in [3.05, 3.63) is 0 Å². The van der Waals surface area contributed by atoms with E-state index in [9.17, 15) is 4.79 Å². The second-order valence-electron chi connectivity index (χ2n) is 1.74. The van der Waals surface area contributed by atoms with E-state index in [1.807, 2.05) is 0 Å². The summed E-state index contributed by atoms with van der Waals surface area (Å²) in [7, 11) is 0. The lowest BCUT2D eigenvalue weighted by atomic mass is 10.4. The van der Waals surface area contributed by atoms with Gasteiger partial charge in [-0.05, 0) is 0 Å². The van der Waals surface area contributed by atoms with Gasteiger partial charge < -0.3 is 15.2 Å². The maximum Gasteiger partial charge on any atom is 0.407 e. The van der Waals surface area contributed by atoms with E-state index in [1.54, 1.807) is 0 Å². The fourth-order valence-electron chi connectivity index (χ4n) is 0.426. The molecule has 4 heteroatoms. The van der Waals surface area contributed by atoms with Gasteiger partial charge in [-0.15, -0.1) is 12.3 Å². The molecule has 0 bridgehead atoms. The molecule has 62 valence electrons. The molecule has 0 unspecified atom stereocenters. The zero-order chi connectivity index (χ0) is 8.53. The predicted octanol–water partition coefficient (Wildman–Crippen LogP) is -0.272. The summed E-state index contributed by atoms with van der Waals surface area (Å²) in [6, 6.07) is 0. The van der Waals surface area contributed by atoms with Crippen molar-refractivity contribution in [2.45, 2.75) is 6.42 Å². The van der Waals surface area contributed by atoms with Gasteiger partial charge in [0, 0.05) is 13.0 Å². The van der Waals surface area contributed by atoms with Gasteiger partial charge in [0.2, 0.25) is 0 Å². The Morgan fingerprint density at radius 2 is 2.45 bits per heavy atom. The maximum absolute atomic E-state index is 10.6. The smallest absolute Gasteiger partial charge is 0.407 e. The van der Waals surface area contributed by atoms with Crippen LogP contribution in [0.4, 0.5) is 4.79 Å². The third-order valence-corrected chi connectivity index (χ3v) is 0.863. The van der Waals surface area contributed by atoms with Gasteiger partial charge in [-0.1, -0.05) is 0 Å². The predicted molar refractivity (Wildman–Crippen MR) is 39.9 cm³/mol. The third kappa shape index (κ3) is 6.68. The number of hydrogen-bond donors (Lipinski definition) is 2. The summed E-state index contributed by atoms with van der Waals surface area (Å²) in [6.07, 6.45) is 4.87. The SMILES string of the molecule is C#CCCNC(=O)OCCO. The topological polar surface area (TPSA) is 58.6 Å². The average Bonchev–Trinajstić information content (AvgIpc) is 2.01. The molecule has 0 aromatic heterocycles. The van der Waals surface area contributed by atoms with Gasteiger partial charge in [-0.2, -0.15) is 0 Å². The Labute approximate surface area is 65.5 Å². The Hall–Kier alpha value is -1.21. The molecule has 0 spiro atoms. The minimum atomic E-state index is -0.547. The number of carbonyl (C=O) groups excluding carboxylic acids is 1. The van der Waals surface area contributed by atoms with Crippen molar-refractivity contribution < 1.29 is 14.6 Å².